The number of hydrogen-bond acceptors (Lipinski definition) is 4. The summed E-state index contributed by atoms with van der Waals surface area (Å²) in [7, 11) is 0. The normalized spacial score (nSPS) is 12.4. The van der Waals surface area contributed by atoms with Crippen LogP contribution in [0.25, 0.3) is 0 Å². The monoisotopic (exact) mass is 248 g/mol. The van der Waals surface area contributed by atoms with Gasteiger partial charge in [-0.05, 0) is 30.2 Å². The molecule has 1 aromatic carbocycles. The second kappa shape index (κ2) is 5.23. The van der Waals surface area contributed by atoms with Gasteiger partial charge in [0.2, 0.25) is 0 Å². The van der Waals surface area contributed by atoms with Gasteiger partial charge >= 0.3 is 0 Å². The molecule has 3 N–H and O–H groups in total. The molecule has 0 spiro atoms. The molecule has 4 nitrogen and oxygen atoms in total. The van der Waals surface area contributed by atoms with E-state index < -0.39 is 0 Å². The van der Waals surface area contributed by atoms with Crippen LogP contribution >= 0.6 is 11.6 Å². The first-order valence-electron chi connectivity index (χ1n) is 5.19. The van der Waals surface area contributed by atoms with E-state index in [-0.39, 0.29) is 6.04 Å². The van der Waals surface area contributed by atoms with E-state index in [1.165, 1.54) is 6.33 Å². The van der Waals surface area contributed by atoms with Crippen LogP contribution in [0.3, 0.4) is 0 Å². The number of hydrogen-bond donors (Lipinski definition) is 2. The lowest BCUT2D eigenvalue weighted by Crippen LogP contribution is -2.29. The van der Waals surface area contributed by atoms with Gasteiger partial charge in [-0.3, -0.25) is 5.84 Å². The van der Waals surface area contributed by atoms with Crippen LogP contribution in [0.4, 0.5) is 0 Å². The van der Waals surface area contributed by atoms with E-state index in [0.29, 0.717) is 5.02 Å². The lowest BCUT2D eigenvalue weighted by atomic mass is 9.97. The Hall–Kier alpha value is -1.49. The molecule has 1 heterocycles. The zero-order valence-electron chi connectivity index (χ0n) is 9.39. The van der Waals surface area contributed by atoms with Crippen molar-refractivity contribution < 1.29 is 0 Å². The molecule has 0 saturated carbocycles. The lowest BCUT2D eigenvalue weighted by Gasteiger charge is -2.18. The summed E-state index contributed by atoms with van der Waals surface area (Å²) in [4.78, 5) is 7.99. The van der Waals surface area contributed by atoms with Crippen molar-refractivity contribution in [2.24, 2.45) is 5.84 Å². The molecule has 0 amide bonds. The van der Waals surface area contributed by atoms with Gasteiger partial charge in [0.1, 0.15) is 6.33 Å². The highest BCUT2D eigenvalue weighted by Gasteiger charge is 2.15. The Labute approximate surface area is 105 Å². The maximum absolute atomic E-state index is 5.93. The highest BCUT2D eigenvalue weighted by molar-refractivity contribution is 6.30. The number of benzene rings is 1. The van der Waals surface area contributed by atoms with Crippen LogP contribution in [0.1, 0.15) is 22.7 Å². The van der Waals surface area contributed by atoms with Gasteiger partial charge in [-0.2, -0.15) is 0 Å². The molecule has 0 aliphatic carbocycles. The molecule has 17 heavy (non-hydrogen) atoms. The molecule has 2 aromatic rings. The van der Waals surface area contributed by atoms with Gasteiger partial charge in [-0.15, -0.1) is 0 Å². The zero-order valence-corrected chi connectivity index (χ0v) is 10.1. The fourth-order valence-corrected chi connectivity index (χ4v) is 2.01. The van der Waals surface area contributed by atoms with Crippen LogP contribution in [0, 0.1) is 6.92 Å². The predicted octanol–water partition coefficient (Wildman–Crippen LogP) is 1.99. The fraction of sp³-hybridized carbons (Fsp3) is 0.167. The van der Waals surface area contributed by atoms with Gasteiger partial charge in [0, 0.05) is 23.0 Å². The molecule has 0 fully saturated rings. The molecule has 0 aliphatic rings. The summed E-state index contributed by atoms with van der Waals surface area (Å²) in [5, 5.41) is 0.714. The number of hydrazine groups is 1. The molecule has 0 radical (unpaired) electrons. The number of rotatable bonds is 3. The topological polar surface area (TPSA) is 63.8 Å². The smallest absolute Gasteiger partial charge is 0.115 e. The number of aromatic nitrogens is 2. The Morgan fingerprint density at radius 3 is 2.59 bits per heavy atom. The minimum absolute atomic E-state index is 0.131. The number of nitrogens with two attached hydrogens (primary N) is 1. The van der Waals surface area contributed by atoms with Crippen LogP contribution in [0.2, 0.25) is 5.02 Å². The molecule has 0 aliphatic heterocycles. The third-order valence-electron chi connectivity index (χ3n) is 2.62. The summed E-state index contributed by atoms with van der Waals surface area (Å²) in [6.07, 6.45) is 4.98. The SMILES string of the molecule is Cc1cc(Cl)ccc1C(NN)c1cncnc1. The summed E-state index contributed by atoms with van der Waals surface area (Å²) in [6, 6.07) is 5.58. The van der Waals surface area contributed by atoms with E-state index in [2.05, 4.69) is 15.4 Å². The third kappa shape index (κ3) is 2.61. The standard InChI is InChI=1S/C12H13ClN4/c1-8-4-10(13)2-3-11(8)12(17-14)9-5-15-7-16-6-9/h2-7,12,17H,14H2,1H3. The van der Waals surface area contributed by atoms with Crippen molar-refractivity contribution in [3.8, 4) is 0 Å². The molecule has 1 unspecified atom stereocenters. The lowest BCUT2D eigenvalue weighted by molar-refractivity contribution is 0.629. The predicted molar refractivity (Wildman–Crippen MR) is 67.4 cm³/mol. The molecular formula is C12H13ClN4. The van der Waals surface area contributed by atoms with Crippen molar-refractivity contribution in [2.75, 3.05) is 0 Å². The van der Waals surface area contributed by atoms with E-state index in [0.717, 1.165) is 16.7 Å². The van der Waals surface area contributed by atoms with Crippen LogP contribution in [-0.2, 0) is 0 Å². The highest BCUT2D eigenvalue weighted by atomic mass is 35.5. The Kier molecular flexibility index (Phi) is 3.68. The average molecular weight is 249 g/mol. The van der Waals surface area contributed by atoms with Gasteiger partial charge in [-0.25, -0.2) is 15.4 Å². The first-order valence-corrected chi connectivity index (χ1v) is 5.57. The minimum Gasteiger partial charge on any atom is -0.271 e. The second-order valence-corrected chi connectivity index (χ2v) is 4.21. The van der Waals surface area contributed by atoms with Gasteiger partial charge < -0.3 is 0 Å². The molecule has 88 valence electrons. The molecule has 2 rings (SSSR count). The van der Waals surface area contributed by atoms with Crippen molar-refractivity contribution in [3.63, 3.8) is 0 Å². The van der Waals surface area contributed by atoms with Crippen molar-refractivity contribution >= 4 is 11.6 Å². The number of nitrogens with zero attached hydrogens (tertiary/aromatic N) is 2. The second-order valence-electron chi connectivity index (χ2n) is 3.77. The Morgan fingerprint density at radius 2 is 2.00 bits per heavy atom. The largest absolute Gasteiger partial charge is 0.271 e. The quantitative estimate of drug-likeness (QED) is 0.644. The zero-order chi connectivity index (χ0) is 12.3. The number of aryl methyl sites for hydroxylation is 1. The number of nitrogens with one attached hydrogen (secondary N) is 1. The molecular weight excluding hydrogens is 236 g/mol. The third-order valence-corrected chi connectivity index (χ3v) is 2.86. The Balaban J connectivity index is 2.42. The van der Waals surface area contributed by atoms with Crippen LogP contribution in [0.5, 0.6) is 0 Å². The molecule has 5 heteroatoms. The maximum Gasteiger partial charge on any atom is 0.115 e. The van der Waals surface area contributed by atoms with Gasteiger partial charge in [0.15, 0.2) is 0 Å². The van der Waals surface area contributed by atoms with Gasteiger partial charge in [-0.1, -0.05) is 17.7 Å². The fourth-order valence-electron chi connectivity index (χ4n) is 1.79. The van der Waals surface area contributed by atoms with E-state index in [4.69, 9.17) is 17.4 Å². The first kappa shape index (κ1) is 12.0. The van der Waals surface area contributed by atoms with E-state index in [1.807, 2.05) is 25.1 Å². The summed E-state index contributed by atoms with van der Waals surface area (Å²) in [5.74, 6) is 5.61. The van der Waals surface area contributed by atoms with Crippen LogP contribution < -0.4 is 11.3 Å². The van der Waals surface area contributed by atoms with Gasteiger partial charge in [0.05, 0.1) is 6.04 Å². The molecule has 1 atom stereocenters. The van der Waals surface area contributed by atoms with E-state index >= 15 is 0 Å². The summed E-state index contributed by atoms with van der Waals surface area (Å²) in [5.41, 5.74) is 5.82. The van der Waals surface area contributed by atoms with E-state index in [9.17, 15) is 0 Å². The van der Waals surface area contributed by atoms with Gasteiger partial charge in [0.25, 0.3) is 0 Å². The molecule has 0 saturated heterocycles. The summed E-state index contributed by atoms with van der Waals surface area (Å²) < 4.78 is 0. The summed E-state index contributed by atoms with van der Waals surface area (Å²) in [6.45, 7) is 2.00. The van der Waals surface area contributed by atoms with Crippen LogP contribution in [-0.4, -0.2) is 9.97 Å². The Bertz CT molecular complexity index is 501. The van der Waals surface area contributed by atoms with Crippen molar-refractivity contribution in [3.05, 3.63) is 58.6 Å². The summed E-state index contributed by atoms with van der Waals surface area (Å²) >= 11 is 5.93. The highest BCUT2D eigenvalue weighted by Crippen LogP contribution is 2.25. The maximum atomic E-state index is 5.93. The van der Waals surface area contributed by atoms with Crippen molar-refractivity contribution in [1.29, 1.82) is 0 Å². The first-order chi connectivity index (χ1) is 8.22. The molecule has 1 aromatic heterocycles. The van der Waals surface area contributed by atoms with Crippen molar-refractivity contribution in [2.45, 2.75) is 13.0 Å². The van der Waals surface area contributed by atoms with Crippen LogP contribution in [0.15, 0.2) is 36.9 Å². The number of halogens is 1. The van der Waals surface area contributed by atoms with Crippen molar-refractivity contribution in [1.82, 2.24) is 15.4 Å². The van der Waals surface area contributed by atoms with E-state index in [1.54, 1.807) is 12.4 Å². The minimum atomic E-state index is -0.131. The average Bonchev–Trinajstić information content (AvgIpc) is 2.34. The molecule has 0 bridgehead atoms. The Morgan fingerprint density at radius 1 is 1.29 bits per heavy atom.